The van der Waals surface area contributed by atoms with Crippen LogP contribution in [0.4, 0.5) is 0 Å². The molecule has 1 aromatic carbocycles. The van der Waals surface area contributed by atoms with Crippen LogP contribution in [-0.4, -0.2) is 6.61 Å². The fraction of sp³-hybridized carbons (Fsp3) is 0.333. The number of ether oxygens (including phenoxy) is 1. The predicted octanol–water partition coefficient (Wildman–Crippen LogP) is 4.91. The second kappa shape index (κ2) is 5.22. The van der Waals surface area contributed by atoms with Crippen molar-refractivity contribution in [1.29, 1.82) is 0 Å². The highest BCUT2D eigenvalue weighted by Crippen LogP contribution is 2.42. The monoisotopic (exact) mass is 340 g/mol. The van der Waals surface area contributed by atoms with Gasteiger partial charge in [-0.1, -0.05) is 34.5 Å². The highest BCUT2D eigenvalue weighted by molar-refractivity contribution is 9.09. The van der Waals surface area contributed by atoms with Gasteiger partial charge in [-0.25, -0.2) is 0 Å². The van der Waals surface area contributed by atoms with Crippen LogP contribution in [0, 0.1) is 0 Å². The molecule has 0 bridgehead atoms. The molecule has 1 atom stereocenters. The Bertz CT molecular complexity index is 606. The molecule has 2 aromatic rings. The summed E-state index contributed by atoms with van der Waals surface area (Å²) in [7, 11) is 0. The smallest absolute Gasteiger partial charge is 0.127 e. The van der Waals surface area contributed by atoms with Crippen LogP contribution < -0.4 is 4.74 Å². The van der Waals surface area contributed by atoms with Gasteiger partial charge in [0.15, 0.2) is 0 Å². The fourth-order valence-corrected chi connectivity index (χ4v) is 3.20. The molecule has 0 N–H and O–H groups in total. The standard InChI is InChI=1S/C15H14BrClO2/c1-2-11-3-4-13(19-11)14(16)12-8-10(17)7-9-5-6-18-15(9)12/h3-4,7-8,14H,2,5-6H2,1H3. The van der Waals surface area contributed by atoms with Crippen molar-refractivity contribution >= 4 is 27.5 Å². The minimum absolute atomic E-state index is 0.0293. The van der Waals surface area contributed by atoms with E-state index in [-0.39, 0.29) is 4.83 Å². The van der Waals surface area contributed by atoms with Gasteiger partial charge >= 0.3 is 0 Å². The third-order valence-corrected chi connectivity index (χ3v) is 4.49. The van der Waals surface area contributed by atoms with Gasteiger partial charge in [0.25, 0.3) is 0 Å². The lowest BCUT2D eigenvalue weighted by Crippen LogP contribution is -1.96. The molecular weight excluding hydrogens is 328 g/mol. The number of hydrogen-bond donors (Lipinski definition) is 0. The molecule has 3 rings (SSSR count). The van der Waals surface area contributed by atoms with Crippen LogP contribution in [-0.2, 0) is 12.8 Å². The molecule has 0 aliphatic carbocycles. The summed E-state index contributed by atoms with van der Waals surface area (Å²) in [4.78, 5) is -0.0293. The Balaban J connectivity index is 2.02. The van der Waals surface area contributed by atoms with E-state index in [0.717, 1.165) is 47.3 Å². The first kappa shape index (κ1) is 13.1. The summed E-state index contributed by atoms with van der Waals surface area (Å²) in [6, 6.07) is 7.93. The molecule has 19 heavy (non-hydrogen) atoms. The minimum Gasteiger partial charge on any atom is -0.493 e. The van der Waals surface area contributed by atoms with Crippen molar-refractivity contribution < 1.29 is 9.15 Å². The number of benzene rings is 1. The van der Waals surface area contributed by atoms with E-state index in [2.05, 4.69) is 22.9 Å². The number of rotatable bonds is 3. The summed E-state index contributed by atoms with van der Waals surface area (Å²) in [6.07, 6.45) is 1.81. The third-order valence-electron chi connectivity index (χ3n) is 3.33. The van der Waals surface area contributed by atoms with Gasteiger partial charge in [0.05, 0.1) is 6.61 Å². The molecule has 4 heteroatoms. The van der Waals surface area contributed by atoms with Crippen molar-refractivity contribution in [3.8, 4) is 5.75 Å². The molecule has 0 amide bonds. The summed E-state index contributed by atoms with van der Waals surface area (Å²) in [6.45, 7) is 2.80. The van der Waals surface area contributed by atoms with E-state index >= 15 is 0 Å². The zero-order valence-corrected chi connectivity index (χ0v) is 12.9. The maximum atomic E-state index is 6.19. The first-order valence-electron chi connectivity index (χ1n) is 6.37. The number of halogens is 2. The van der Waals surface area contributed by atoms with Gasteiger partial charge in [-0.05, 0) is 29.8 Å². The number of aryl methyl sites for hydroxylation is 1. The highest BCUT2D eigenvalue weighted by Gasteiger charge is 2.24. The Morgan fingerprint density at radius 1 is 1.37 bits per heavy atom. The van der Waals surface area contributed by atoms with Crippen molar-refractivity contribution in [2.24, 2.45) is 0 Å². The highest BCUT2D eigenvalue weighted by atomic mass is 79.9. The summed E-state index contributed by atoms with van der Waals surface area (Å²) >= 11 is 9.88. The predicted molar refractivity (Wildman–Crippen MR) is 79.5 cm³/mol. The molecule has 0 saturated heterocycles. The lowest BCUT2D eigenvalue weighted by Gasteiger charge is -2.13. The van der Waals surface area contributed by atoms with E-state index in [1.807, 2.05) is 24.3 Å². The Kier molecular flexibility index (Phi) is 3.59. The van der Waals surface area contributed by atoms with Crippen molar-refractivity contribution in [3.63, 3.8) is 0 Å². The maximum Gasteiger partial charge on any atom is 0.127 e. The molecule has 100 valence electrons. The lowest BCUT2D eigenvalue weighted by atomic mass is 10.0. The topological polar surface area (TPSA) is 22.4 Å². The Labute approximate surface area is 125 Å². The first-order chi connectivity index (χ1) is 9.19. The molecule has 0 fully saturated rings. The molecule has 0 spiro atoms. The molecule has 1 aliphatic rings. The zero-order valence-electron chi connectivity index (χ0n) is 10.6. The van der Waals surface area contributed by atoms with Crippen LogP contribution in [0.1, 0.15) is 34.4 Å². The average molecular weight is 342 g/mol. The third kappa shape index (κ3) is 2.41. The van der Waals surface area contributed by atoms with Crippen LogP contribution in [0.15, 0.2) is 28.7 Å². The summed E-state index contributed by atoms with van der Waals surface area (Å²) < 4.78 is 11.5. The van der Waals surface area contributed by atoms with Gasteiger partial charge in [0.1, 0.15) is 22.1 Å². The largest absolute Gasteiger partial charge is 0.493 e. The normalized spacial score (nSPS) is 15.1. The summed E-state index contributed by atoms with van der Waals surface area (Å²) in [5.41, 5.74) is 2.21. The number of alkyl halides is 1. The van der Waals surface area contributed by atoms with E-state index in [1.54, 1.807) is 0 Å². The number of furan rings is 1. The van der Waals surface area contributed by atoms with E-state index in [9.17, 15) is 0 Å². The molecule has 1 unspecified atom stereocenters. The Hall–Kier alpha value is -0.930. The lowest BCUT2D eigenvalue weighted by molar-refractivity contribution is 0.353. The van der Waals surface area contributed by atoms with Gasteiger partial charge in [-0.3, -0.25) is 0 Å². The summed E-state index contributed by atoms with van der Waals surface area (Å²) in [5.74, 6) is 2.82. The molecule has 2 heterocycles. The van der Waals surface area contributed by atoms with Crippen LogP contribution in [0.25, 0.3) is 0 Å². The summed E-state index contributed by atoms with van der Waals surface area (Å²) in [5, 5.41) is 0.742. The fourth-order valence-electron chi connectivity index (χ4n) is 2.36. The van der Waals surface area contributed by atoms with Gasteiger partial charge in [0.2, 0.25) is 0 Å². The van der Waals surface area contributed by atoms with Crippen molar-refractivity contribution in [3.05, 3.63) is 51.9 Å². The quantitative estimate of drug-likeness (QED) is 0.740. The van der Waals surface area contributed by atoms with E-state index in [0.29, 0.717) is 0 Å². The molecule has 1 aromatic heterocycles. The molecule has 0 saturated carbocycles. The second-order valence-corrected chi connectivity index (χ2v) is 5.95. The Morgan fingerprint density at radius 2 is 2.21 bits per heavy atom. The zero-order chi connectivity index (χ0) is 13.4. The van der Waals surface area contributed by atoms with Gasteiger partial charge in [-0.15, -0.1) is 0 Å². The SMILES string of the molecule is CCc1ccc(C(Br)c2cc(Cl)cc3c2OCC3)o1. The number of fused-ring (bicyclic) bond motifs is 1. The maximum absolute atomic E-state index is 6.19. The molecule has 1 aliphatic heterocycles. The first-order valence-corrected chi connectivity index (χ1v) is 7.66. The van der Waals surface area contributed by atoms with Gasteiger partial charge in [0, 0.05) is 23.4 Å². The van der Waals surface area contributed by atoms with Crippen LogP contribution in [0.3, 0.4) is 0 Å². The van der Waals surface area contributed by atoms with E-state index < -0.39 is 0 Å². The second-order valence-electron chi connectivity index (χ2n) is 4.60. The number of hydrogen-bond acceptors (Lipinski definition) is 2. The van der Waals surface area contributed by atoms with Crippen molar-refractivity contribution in [2.75, 3.05) is 6.61 Å². The van der Waals surface area contributed by atoms with Gasteiger partial charge < -0.3 is 9.15 Å². The van der Waals surface area contributed by atoms with Crippen molar-refractivity contribution in [1.82, 2.24) is 0 Å². The van der Waals surface area contributed by atoms with Crippen molar-refractivity contribution in [2.45, 2.75) is 24.6 Å². The minimum atomic E-state index is -0.0293. The molecular formula is C15H14BrClO2. The van der Waals surface area contributed by atoms with Gasteiger partial charge in [-0.2, -0.15) is 0 Å². The average Bonchev–Trinajstić information content (AvgIpc) is 3.04. The van der Waals surface area contributed by atoms with Crippen LogP contribution >= 0.6 is 27.5 Å². The molecule has 0 radical (unpaired) electrons. The van der Waals surface area contributed by atoms with Crippen LogP contribution in [0.2, 0.25) is 5.02 Å². The molecule has 2 nitrogen and oxygen atoms in total. The van der Waals surface area contributed by atoms with Crippen LogP contribution in [0.5, 0.6) is 5.75 Å². The van der Waals surface area contributed by atoms with E-state index in [4.69, 9.17) is 20.8 Å². The van der Waals surface area contributed by atoms with E-state index in [1.165, 1.54) is 5.56 Å². The Morgan fingerprint density at radius 3 is 2.95 bits per heavy atom.